The fourth-order valence-corrected chi connectivity index (χ4v) is 4.55. The average Bonchev–Trinajstić information content (AvgIpc) is 2.74. The van der Waals surface area contributed by atoms with E-state index in [1.54, 1.807) is 23.1 Å². The van der Waals surface area contributed by atoms with Gasteiger partial charge in [0.1, 0.15) is 0 Å². The zero-order valence-corrected chi connectivity index (χ0v) is 18.6. The number of carbonyl (C=O) groups is 2. The van der Waals surface area contributed by atoms with Gasteiger partial charge in [0, 0.05) is 31.7 Å². The molecule has 2 aliphatic rings. The van der Waals surface area contributed by atoms with E-state index in [0.29, 0.717) is 41.2 Å². The molecule has 1 N–H and O–H groups in total. The summed E-state index contributed by atoms with van der Waals surface area (Å²) in [6, 6.07) is 4.91. The number of piperidine rings is 2. The van der Waals surface area contributed by atoms with Crippen molar-refractivity contribution in [2.45, 2.75) is 39.0 Å². The second kappa shape index (κ2) is 10.6. The molecular formula is C22H31Cl2N3O2. The van der Waals surface area contributed by atoms with Gasteiger partial charge in [-0.2, -0.15) is 0 Å². The zero-order valence-electron chi connectivity index (χ0n) is 17.1. The van der Waals surface area contributed by atoms with E-state index in [1.807, 2.05) is 0 Å². The van der Waals surface area contributed by atoms with E-state index in [1.165, 1.54) is 32.4 Å². The molecule has 0 radical (unpaired) electrons. The summed E-state index contributed by atoms with van der Waals surface area (Å²) in [5.41, 5.74) is 0.510. The quantitative estimate of drug-likeness (QED) is 0.725. The maximum atomic E-state index is 12.8. The van der Waals surface area contributed by atoms with Crippen LogP contribution >= 0.6 is 23.2 Å². The van der Waals surface area contributed by atoms with Gasteiger partial charge in [-0.1, -0.05) is 36.5 Å². The molecule has 3 rings (SSSR count). The fourth-order valence-electron chi connectivity index (χ4n) is 4.25. The molecule has 29 heavy (non-hydrogen) atoms. The molecule has 0 saturated carbocycles. The zero-order chi connectivity index (χ0) is 20.8. The van der Waals surface area contributed by atoms with Crippen LogP contribution in [-0.4, -0.2) is 60.9 Å². The Balaban J connectivity index is 1.48. The van der Waals surface area contributed by atoms with Gasteiger partial charge >= 0.3 is 0 Å². The highest BCUT2D eigenvalue weighted by Gasteiger charge is 2.29. The summed E-state index contributed by atoms with van der Waals surface area (Å²) in [4.78, 5) is 29.8. The molecule has 0 spiro atoms. The van der Waals surface area contributed by atoms with Crippen LogP contribution in [0.2, 0.25) is 10.0 Å². The Bertz CT molecular complexity index is 722. The van der Waals surface area contributed by atoms with Gasteiger partial charge in [0.15, 0.2) is 0 Å². The number of hydrogen-bond donors (Lipinski definition) is 1. The van der Waals surface area contributed by atoms with Crippen molar-refractivity contribution in [3.8, 4) is 0 Å². The molecule has 160 valence electrons. The number of nitrogens with one attached hydrogen (secondary N) is 1. The van der Waals surface area contributed by atoms with Crippen LogP contribution in [0.1, 0.15) is 49.4 Å². The number of amides is 2. The van der Waals surface area contributed by atoms with Crippen molar-refractivity contribution in [2.24, 2.45) is 11.8 Å². The number of rotatable bonds is 6. The van der Waals surface area contributed by atoms with Gasteiger partial charge in [0.25, 0.3) is 5.91 Å². The molecule has 2 heterocycles. The normalized spacial score (nSPS) is 21.6. The van der Waals surface area contributed by atoms with Gasteiger partial charge < -0.3 is 15.1 Å². The summed E-state index contributed by atoms with van der Waals surface area (Å²) in [6.07, 6.45) is 5.54. The SMILES string of the molecule is CC(CNC(=O)C1CCCN(C(=O)c2ccc(Cl)c(Cl)c2)C1)CN1CCCCC1. The molecule has 1 aromatic rings. The minimum Gasteiger partial charge on any atom is -0.355 e. The Labute approximate surface area is 183 Å². The lowest BCUT2D eigenvalue weighted by atomic mass is 9.96. The predicted molar refractivity (Wildman–Crippen MR) is 118 cm³/mol. The number of benzene rings is 1. The van der Waals surface area contributed by atoms with E-state index < -0.39 is 0 Å². The van der Waals surface area contributed by atoms with Crippen LogP contribution in [0.4, 0.5) is 0 Å². The van der Waals surface area contributed by atoms with Crippen LogP contribution in [0.5, 0.6) is 0 Å². The molecule has 0 bridgehead atoms. The second-order valence-electron chi connectivity index (χ2n) is 8.43. The lowest BCUT2D eigenvalue weighted by molar-refractivity contribution is -0.126. The van der Waals surface area contributed by atoms with Crippen LogP contribution in [0.25, 0.3) is 0 Å². The van der Waals surface area contributed by atoms with Crippen molar-refractivity contribution < 1.29 is 9.59 Å². The molecule has 5 nitrogen and oxygen atoms in total. The van der Waals surface area contributed by atoms with Gasteiger partial charge in [-0.05, 0) is 62.9 Å². The highest BCUT2D eigenvalue weighted by molar-refractivity contribution is 6.42. The molecule has 2 saturated heterocycles. The van der Waals surface area contributed by atoms with E-state index in [4.69, 9.17) is 23.2 Å². The lowest BCUT2D eigenvalue weighted by Gasteiger charge is -2.33. The third-order valence-corrected chi connectivity index (χ3v) is 6.63. The molecule has 2 fully saturated rings. The number of nitrogens with zero attached hydrogens (tertiary/aromatic N) is 2. The average molecular weight is 440 g/mol. The van der Waals surface area contributed by atoms with Gasteiger partial charge in [-0.25, -0.2) is 0 Å². The Hall–Kier alpha value is -1.30. The minimum absolute atomic E-state index is 0.0575. The van der Waals surface area contributed by atoms with Crippen LogP contribution in [0.15, 0.2) is 18.2 Å². The standard InChI is InChI=1S/C22H31Cl2N3O2/c1-16(14-26-9-3-2-4-10-26)13-25-21(28)18-6-5-11-27(15-18)22(29)17-7-8-19(23)20(24)12-17/h7-8,12,16,18H,2-6,9-11,13-15H2,1H3,(H,25,28). The van der Waals surface area contributed by atoms with E-state index >= 15 is 0 Å². The Morgan fingerprint density at radius 2 is 1.86 bits per heavy atom. The molecule has 2 unspecified atom stereocenters. The summed E-state index contributed by atoms with van der Waals surface area (Å²) >= 11 is 12.0. The molecular weight excluding hydrogens is 409 g/mol. The first kappa shape index (κ1) is 22.4. The Morgan fingerprint density at radius 3 is 2.59 bits per heavy atom. The van der Waals surface area contributed by atoms with E-state index in [2.05, 4.69) is 17.1 Å². The second-order valence-corrected chi connectivity index (χ2v) is 9.25. The van der Waals surface area contributed by atoms with Crippen molar-refractivity contribution in [1.82, 2.24) is 15.1 Å². The van der Waals surface area contributed by atoms with E-state index in [9.17, 15) is 9.59 Å². The Morgan fingerprint density at radius 1 is 1.10 bits per heavy atom. The molecule has 0 aromatic heterocycles. The van der Waals surface area contributed by atoms with Crippen molar-refractivity contribution in [1.29, 1.82) is 0 Å². The summed E-state index contributed by atoms with van der Waals surface area (Å²) in [5, 5.41) is 3.91. The molecule has 7 heteroatoms. The van der Waals surface area contributed by atoms with Crippen molar-refractivity contribution in [2.75, 3.05) is 39.3 Å². The van der Waals surface area contributed by atoms with E-state index in [-0.39, 0.29) is 17.7 Å². The van der Waals surface area contributed by atoms with Gasteiger partial charge in [-0.3, -0.25) is 9.59 Å². The summed E-state index contributed by atoms with van der Waals surface area (Å²) in [7, 11) is 0. The van der Waals surface area contributed by atoms with Crippen molar-refractivity contribution in [3.05, 3.63) is 33.8 Å². The molecule has 2 aliphatic heterocycles. The number of hydrogen-bond acceptors (Lipinski definition) is 3. The van der Waals surface area contributed by atoms with Crippen LogP contribution in [0, 0.1) is 11.8 Å². The first-order valence-corrected chi connectivity index (χ1v) is 11.4. The van der Waals surface area contributed by atoms with Gasteiger partial charge in [-0.15, -0.1) is 0 Å². The predicted octanol–water partition coefficient (Wildman–Crippen LogP) is 4.08. The maximum absolute atomic E-state index is 12.8. The fraction of sp³-hybridized carbons (Fsp3) is 0.636. The highest BCUT2D eigenvalue weighted by atomic mass is 35.5. The molecule has 0 aliphatic carbocycles. The van der Waals surface area contributed by atoms with Gasteiger partial charge in [0.2, 0.25) is 5.91 Å². The van der Waals surface area contributed by atoms with Crippen LogP contribution in [0.3, 0.4) is 0 Å². The number of halogens is 2. The largest absolute Gasteiger partial charge is 0.355 e. The topological polar surface area (TPSA) is 52.7 Å². The summed E-state index contributed by atoms with van der Waals surface area (Å²) in [6.45, 7) is 7.37. The monoisotopic (exact) mass is 439 g/mol. The minimum atomic E-state index is -0.155. The van der Waals surface area contributed by atoms with Crippen LogP contribution < -0.4 is 5.32 Å². The highest BCUT2D eigenvalue weighted by Crippen LogP contribution is 2.25. The summed E-state index contributed by atoms with van der Waals surface area (Å²) in [5.74, 6) is 0.230. The maximum Gasteiger partial charge on any atom is 0.253 e. The molecule has 1 aromatic carbocycles. The van der Waals surface area contributed by atoms with Crippen LogP contribution in [-0.2, 0) is 4.79 Å². The smallest absolute Gasteiger partial charge is 0.253 e. The van der Waals surface area contributed by atoms with Gasteiger partial charge in [0.05, 0.1) is 16.0 Å². The first-order valence-electron chi connectivity index (χ1n) is 10.7. The van der Waals surface area contributed by atoms with Crippen molar-refractivity contribution in [3.63, 3.8) is 0 Å². The Kier molecular flexibility index (Phi) is 8.22. The first-order chi connectivity index (χ1) is 13.9. The summed E-state index contributed by atoms with van der Waals surface area (Å²) < 4.78 is 0. The number of carbonyl (C=O) groups excluding carboxylic acids is 2. The molecule has 2 amide bonds. The molecule has 2 atom stereocenters. The third-order valence-electron chi connectivity index (χ3n) is 5.89. The van der Waals surface area contributed by atoms with Crippen molar-refractivity contribution >= 4 is 35.0 Å². The van der Waals surface area contributed by atoms with E-state index in [0.717, 1.165) is 19.4 Å². The lowest BCUT2D eigenvalue weighted by Crippen LogP contribution is -2.46. The number of likely N-dealkylation sites (tertiary alicyclic amines) is 2. The third kappa shape index (κ3) is 6.34.